The zero-order valence-corrected chi connectivity index (χ0v) is 11.9. The van der Waals surface area contributed by atoms with Gasteiger partial charge in [-0.2, -0.15) is 0 Å². The zero-order valence-electron chi connectivity index (χ0n) is 11.9. The number of anilines is 1. The van der Waals surface area contributed by atoms with Gasteiger partial charge in [0.2, 0.25) is 0 Å². The number of ether oxygens (including phenoxy) is 2. The van der Waals surface area contributed by atoms with Crippen LogP contribution in [0.4, 0.5) is 10.1 Å². The summed E-state index contributed by atoms with van der Waals surface area (Å²) < 4.78 is 23.3. The lowest BCUT2D eigenvalue weighted by atomic mass is 10.2. The summed E-state index contributed by atoms with van der Waals surface area (Å²) in [7, 11) is 1.29. The molecule has 1 heterocycles. The second kappa shape index (κ2) is 7.17. The molecular weight excluding hydrogens is 277 g/mol. The van der Waals surface area contributed by atoms with Gasteiger partial charge in [0.15, 0.2) is 0 Å². The minimum Gasteiger partial charge on any atom is -0.469 e. The summed E-state index contributed by atoms with van der Waals surface area (Å²) >= 11 is 0. The van der Waals surface area contributed by atoms with E-state index in [1.165, 1.54) is 30.2 Å². The van der Waals surface area contributed by atoms with E-state index in [-0.39, 0.29) is 18.9 Å². The van der Waals surface area contributed by atoms with Crippen LogP contribution < -0.4 is 4.90 Å². The molecule has 0 unspecified atom stereocenters. The average molecular weight is 295 g/mol. The van der Waals surface area contributed by atoms with Gasteiger partial charge in [-0.1, -0.05) is 6.07 Å². The highest BCUT2D eigenvalue weighted by molar-refractivity contribution is 5.97. The normalized spacial score (nSPS) is 17.5. The fraction of sp³-hybridized carbons (Fsp3) is 0.467. The Hall–Kier alpha value is -1.95. The van der Waals surface area contributed by atoms with Crippen molar-refractivity contribution in [3.8, 4) is 0 Å². The van der Waals surface area contributed by atoms with E-state index in [0.29, 0.717) is 18.7 Å². The lowest BCUT2D eigenvalue weighted by Gasteiger charge is -2.25. The molecule has 1 aliphatic rings. The Morgan fingerprint density at radius 3 is 2.90 bits per heavy atom. The highest BCUT2D eigenvalue weighted by atomic mass is 19.1. The van der Waals surface area contributed by atoms with E-state index in [0.717, 1.165) is 6.42 Å². The standard InChI is InChI=1S/C15H18FNO4/c1-20-14(18)7-8-17(12-5-2-4-11(16)10-12)15(19)13-6-3-9-21-13/h2,4-5,10,13H,3,6-9H2,1H3/t13-/m1/s1. The molecule has 0 aliphatic carbocycles. The topological polar surface area (TPSA) is 55.8 Å². The van der Waals surface area contributed by atoms with Crippen molar-refractivity contribution in [1.82, 2.24) is 0 Å². The summed E-state index contributed by atoms with van der Waals surface area (Å²) in [5.41, 5.74) is 0.416. The highest BCUT2D eigenvalue weighted by Crippen LogP contribution is 2.21. The van der Waals surface area contributed by atoms with E-state index in [2.05, 4.69) is 4.74 Å². The third-order valence-corrected chi connectivity index (χ3v) is 3.36. The van der Waals surface area contributed by atoms with Gasteiger partial charge < -0.3 is 14.4 Å². The van der Waals surface area contributed by atoms with Crippen molar-refractivity contribution in [3.63, 3.8) is 0 Å². The van der Waals surface area contributed by atoms with E-state index < -0.39 is 17.9 Å². The maximum atomic E-state index is 13.4. The summed E-state index contributed by atoms with van der Waals surface area (Å²) in [6.45, 7) is 0.680. The highest BCUT2D eigenvalue weighted by Gasteiger charge is 2.29. The summed E-state index contributed by atoms with van der Waals surface area (Å²) in [6, 6.07) is 5.73. The Balaban J connectivity index is 2.16. The van der Waals surface area contributed by atoms with Crippen LogP contribution in [0.1, 0.15) is 19.3 Å². The number of esters is 1. The molecule has 1 fully saturated rings. The summed E-state index contributed by atoms with van der Waals surface area (Å²) in [6.07, 6.45) is 0.990. The summed E-state index contributed by atoms with van der Waals surface area (Å²) in [5.74, 6) is -1.10. The monoisotopic (exact) mass is 295 g/mol. The largest absolute Gasteiger partial charge is 0.469 e. The third-order valence-electron chi connectivity index (χ3n) is 3.36. The zero-order chi connectivity index (χ0) is 15.2. The molecule has 1 aromatic carbocycles. The number of carbonyl (C=O) groups excluding carboxylic acids is 2. The van der Waals surface area contributed by atoms with Crippen LogP contribution in [0.2, 0.25) is 0 Å². The average Bonchev–Trinajstić information content (AvgIpc) is 3.01. The van der Waals surface area contributed by atoms with Gasteiger partial charge in [0.25, 0.3) is 5.91 Å². The van der Waals surface area contributed by atoms with Gasteiger partial charge in [-0.05, 0) is 31.0 Å². The van der Waals surface area contributed by atoms with Crippen molar-refractivity contribution in [2.75, 3.05) is 25.2 Å². The van der Waals surface area contributed by atoms with E-state index in [4.69, 9.17) is 4.74 Å². The third kappa shape index (κ3) is 4.01. The summed E-state index contributed by atoms with van der Waals surface area (Å²) in [4.78, 5) is 25.2. The molecule has 0 saturated carbocycles. The van der Waals surface area contributed by atoms with E-state index >= 15 is 0 Å². The SMILES string of the molecule is COC(=O)CCN(C(=O)[C@H]1CCCO1)c1cccc(F)c1. The minimum absolute atomic E-state index is 0.0471. The molecule has 1 saturated heterocycles. The maximum Gasteiger partial charge on any atom is 0.307 e. The van der Waals surface area contributed by atoms with Gasteiger partial charge in [0, 0.05) is 18.8 Å². The van der Waals surface area contributed by atoms with Gasteiger partial charge in [-0.25, -0.2) is 4.39 Å². The molecule has 6 heteroatoms. The predicted molar refractivity (Wildman–Crippen MR) is 74.4 cm³/mol. The molecule has 1 aromatic rings. The van der Waals surface area contributed by atoms with Crippen LogP contribution in [0, 0.1) is 5.82 Å². The van der Waals surface area contributed by atoms with Crippen LogP contribution >= 0.6 is 0 Å². The molecule has 21 heavy (non-hydrogen) atoms. The number of hydrogen-bond donors (Lipinski definition) is 0. The van der Waals surface area contributed by atoms with Crippen molar-refractivity contribution >= 4 is 17.6 Å². The second-order valence-corrected chi connectivity index (χ2v) is 4.80. The van der Waals surface area contributed by atoms with Crippen molar-refractivity contribution < 1.29 is 23.5 Å². The van der Waals surface area contributed by atoms with Crippen LogP contribution in [0.15, 0.2) is 24.3 Å². The molecule has 1 atom stereocenters. The first kappa shape index (κ1) is 15.4. The number of carbonyl (C=O) groups is 2. The lowest BCUT2D eigenvalue weighted by Crippen LogP contribution is -2.40. The van der Waals surface area contributed by atoms with Gasteiger partial charge in [0.1, 0.15) is 11.9 Å². The lowest BCUT2D eigenvalue weighted by molar-refractivity contribution is -0.140. The Labute approximate surface area is 122 Å². The van der Waals surface area contributed by atoms with Crippen LogP contribution in [0.3, 0.4) is 0 Å². The van der Waals surface area contributed by atoms with E-state index in [1.807, 2.05) is 0 Å². The second-order valence-electron chi connectivity index (χ2n) is 4.80. The molecule has 114 valence electrons. The molecule has 1 aliphatic heterocycles. The minimum atomic E-state index is -0.522. The number of rotatable bonds is 5. The van der Waals surface area contributed by atoms with Gasteiger partial charge in [-0.3, -0.25) is 9.59 Å². The Morgan fingerprint density at radius 1 is 1.48 bits per heavy atom. The number of halogens is 1. The molecule has 2 rings (SSSR count). The first-order valence-electron chi connectivity index (χ1n) is 6.87. The van der Waals surface area contributed by atoms with Gasteiger partial charge in [-0.15, -0.1) is 0 Å². The Kier molecular flexibility index (Phi) is 5.27. The molecule has 0 N–H and O–H groups in total. The quantitative estimate of drug-likeness (QED) is 0.779. The predicted octanol–water partition coefficient (Wildman–Crippen LogP) is 1.90. The van der Waals surface area contributed by atoms with Crippen molar-refractivity contribution in [1.29, 1.82) is 0 Å². The van der Waals surface area contributed by atoms with Crippen LogP contribution in [0.5, 0.6) is 0 Å². The summed E-state index contributed by atoms with van der Waals surface area (Å²) in [5, 5.41) is 0. The number of amides is 1. The first-order chi connectivity index (χ1) is 10.1. The number of benzene rings is 1. The van der Waals surface area contributed by atoms with Crippen LogP contribution in [-0.4, -0.2) is 38.2 Å². The van der Waals surface area contributed by atoms with Gasteiger partial charge >= 0.3 is 5.97 Å². The van der Waals surface area contributed by atoms with Crippen LogP contribution in [0.25, 0.3) is 0 Å². The molecule has 0 aromatic heterocycles. The smallest absolute Gasteiger partial charge is 0.307 e. The van der Waals surface area contributed by atoms with Crippen molar-refractivity contribution in [2.45, 2.75) is 25.4 Å². The Bertz CT molecular complexity index is 514. The number of nitrogens with zero attached hydrogens (tertiary/aromatic N) is 1. The fourth-order valence-corrected chi connectivity index (χ4v) is 2.26. The molecular formula is C15H18FNO4. The number of hydrogen-bond acceptors (Lipinski definition) is 4. The molecule has 0 spiro atoms. The maximum absolute atomic E-state index is 13.4. The van der Waals surface area contributed by atoms with Crippen LogP contribution in [-0.2, 0) is 19.1 Å². The van der Waals surface area contributed by atoms with Crippen molar-refractivity contribution in [2.24, 2.45) is 0 Å². The molecule has 0 radical (unpaired) electrons. The molecule has 0 bridgehead atoms. The Morgan fingerprint density at radius 2 is 2.29 bits per heavy atom. The first-order valence-corrected chi connectivity index (χ1v) is 6.87. The number of methoxy groups -OCH3 is 1. The van der Waals surface area contributed by atoms with E-state index in [9.17, 15) is 14.0 Å². The molecule has 5 nitrogen and oxygen atoms in total. The van der Waals surface area contributed by atoms with Gasteiger partial charge in [0.05, 0.1) is 13.5 Å². The molecule has 1 amide bonds. The van der Waals surface area contributed by atoms with Crippen molar-refractivity contribution in [3.05, 3.63) is 30.1 Å². The fourth-order valence-electron chi connectivity index (χ4n) is 2.26. The van der Waals surface area contributed by atoms with E-state index in [1.54, 1.807) is 6.07 Å².